The summed E-state index contributed by atoms with van der Waals surface area (Å²) in [5.41, 5.74) is -2.14. The first-order chi connectivity index (χ1) is 9.20. The first-order valence-electron chi connectivity index (χ1n) is 6.02. The molecule has 0 bridgehead atoms. The molecule has 0 unspecified atom stereocenters. The zero-order chi connectivity index (χ0) is 15.2. The fraction of sp³-hybridized carbons (Fsp3) is 0.385. The molecule has 0 amide bonds. The minimum Gasteiger partial charge on any atom is -0.504 e. The van der Waals surface area contributed by atoms with Gasteiger partial charge >= 0.3 is 5.63 Å². The molecule has 2 N–H and O–H groups in total. The number of fused-ring (bicyclic) bond motifs is 1. The lowest BCUT2D eigenvalue weighted by Crippen LogP contribution is -2.38. The van der Waals surface area contributed by atoms with Gasteiger partial charge in [0, 0.05) is 0 Å². The van der Waals surface area contributed by atoms with E-state index in [1.165, 1.54) is 0 Å². The van der Waals surface area contributed by atoms with Gasteiger partial charge in [-0.3, -0.25) is 4.79 Å². The van der Waals surface area contributed by atoms with Gasteiger partial charge in [0.25, 0.3) is 5.56 Å². The smallest absolute Gasteiger partial charge is 0.365 e. The van der Waals surface area contributed by atoms with Gasteiger partial charge in [-0.05, 0) is 26.3 Å². The number of phenols is 2. The van der Waals surface area contributed by atoms with Crippen LogP contribution >= 0.6 is 11.6 Å². The maximum Gasteiger partial charge on any atom is 0.365 e. The highest BCUT2D eigenvalue weighted by Gasteiger charge is 2.26. The largest absolute Gasteiger partial charge is 0.504 e. The monoisotopic (exact) mass is 299 g/mol. The Morgan fingerprint density at radius 2 is 1.95 bits per heavy atom. The molecular weight excluding hydrogens is 286 g/mol. The van der Waals surface area contributed by atoms with Crippen molar-refractivity contribution in [1.29, 1.82) is 0 Å². The molecule has 6 nitrogen and oxygen atoms in total. The van der Waals surface area contributed by atoms with Crippen LogP contribution in [0, 0.1) is 0 Å². The topological polar surface area (TPSA) is 92.7 Å². The van der Waals surface area contributed by atoms with E-state index in [0.29, 0.717) is 6.42 Å². The van der Waals surface area contributed by atoms with Gasteiger partial charge in [-0.25, -0.2) is 4.79 Å². The third kappa shape index (κ3) is 1.96. The third-order valence-electron chi connectivity index (χ3n) is 3.43. The molecule has 20 heavy (non-hydrogen) atoms. The number of benzene rings is 1. The van der Waals surface area contributed by atoms with E-state index in [2.05, 4.69) is 0 Å². The Morgan fingerprint density at radius 3 is 2.50 bits per heavy atom. The zero-order valence-electron chi connectivity index (χ0n) is 11.2. The van der Waals surface area contributed by atoms with Crippen molar-refractivity contribution < 1.29 is 14.7 Å². The second kappa shape index (κ2) is 4.56. The Balaban J connectivity index is 3.03. The number of nitrogens with zero attached hydrogens (tertiary/aromatic N) is 1. The number of halogens is 1. The number of rotatable bonds is 2. The fourth-order valence-corrected chi connectivity index (χ4v) is 2.09. The van der Waals surface area contributed by atoms with Crippen molar-refractivity contribution in [2.24, 2.45) is 0 Å². The van der Waals surface area contributed by atoms with Crippen LogP contribution in [0.15, 0.2) is 20.2 Å². The standard InChI is InChI=1S/C13H14ClNO5/c1-4-13(2,3)15-11(18)6-5-7(16)10(17)9(14)8(6)12(19)20-15/h5,16-17H,4H2,1-3H3. The van der Waals surface area contributed by atoms with Crippen molar-refractivity contribution >= 4 is 22.4 Å². The lowest BCUT2D eigenvalue weighted by Gasteiger charge is -2.23. The van der Waals surface area contributed by atoms with Crippen molar-refractivity contribution in [1.82, 2.24) is 4.74 Å². The van der Waals surface area contributed by atoms with Gasteiger partial charge in [-0.15, -0.1) is 0 Å². The van der Waals surface area contributed by atoms with Crippen LogP contribution in [0.4, 0.5) is 0 Å². The van der Waals surface area contributed by atoms with Crippen LogP contribution in [-0.2, 0) is 5.54 Å². The summed E-state index contributed by atoms with van der Waals surface area (Å²) in [5, 5.41) is 18.3. The fourth-order valence-electron chi connectivity index (χ4n) is 1.82. The van der Waals surface area contributed by atoms with E-state index in [-0.39, 0.29) is 10.8 Å². The molecule has 2 aromatic rings. The normalized spacial score (nSPS) is 12.0. The van der Waals surface area contributed by atoms with Crippen LogP contribution in [0.25, 0.3) is 10.8 Å². The van der Waals surface area contributed by atoms with E-state index < -0.39 is 33.2 Å². The molecule has 2 rings (SSSR count). The molecule has 1 heterocycles. The van der Waals surface area contributed by atoms with Gasteiger partial charge in [0.2, 0.25) is 0 Å². The number of aromatic hydroxyl groups is 2. The summed E-state index contributed by atoms with van der Waals surface area (Å²) in [6.07, 6.45) is 0.555. The predicted molar refractivity (Wildman–Crippen MR) is 74.7 cm³/mol. The average Bonchev–Trinajstić information content (AvgIpc) is 2.39. The minimum absolute atomic E-state index is 0.0944. The molecule has 108 valence electrons. The summed E-state index contributed by atoms with van der Waals surface area (Å²) < 4.78 is 5.99. The molecule has 0 aliphatic carbocycles. The lowest BCUT2D eigenvalue weighted by molar-refractivity contribution is 0.117. The minimum atomic E-state index is -0.846. The molecule has 0 atom stereocenters. The van der Waals surface area contributed by atoms with Gasteiger partial charge in [0.05, 0.1) is 16.3 Å². The Bertz CT molecular complexity index is 803. The number of aromatic nitrogens is 1. The van der Waals surface area contributed by atoms with Crippen molar-refractivity contribution in [3.63, 3.8) is 0 Å². The van der Waals surface area contributed by atoms with Crippen LogP contribution in [0.1, 0.15) is 27.2 Å². The van der Waals surface area contributed by atoms with E-state index >= 15 is 0 Å². The van der Waals surface area contributed by atoms with Crippen LogP contribution in [0.3, 0.4) is 0 Å². The second-order valence-corrected chi connectivity index (χ2v) is 5.50. The molecule has 0 spiro atoms. The van der Waals surface area contributed by atoms with Crippen molar-refractivity contribution in [2.75, 3.05) is 0 Å². The van der Waals surface area contributed by atoms with Crippen molar-refractivity contribution in [3.05, 3.63) is 31.9 Å². The maximum absolute atomic E-state index is 12.4. The van der Waals surface area contributed by atoms with Crippen LogP contribution in [0.5, 0.6) is 11.5 Å². The van der Waals surface area contributed by atoms with Gasteiger partial charge in [0.1, 0.15) is 5.02 Å². The summed E-state index contributed by atoms with van der Waals surface area (Å²) in [6.45, 7) is 5.33. The average molecular weight is 300 g/mol. The zero-order valence-corrected chi connectivity index (χ0v) is 12.0. The van der Waals surface area contributed by atoms with Gasteiger partial charge < -0.3 is 14.7 Å². The van der Waals surface area contributed by atoms with Crippen LogP contribution in [0.2, 0.25) is 5.02 Å². The summed E-state index contributed by atoms with van der Waals surface area (Å²) in [7, 11) is 0. The number of hydrogen-bond donors (Lipinski definition) is 2. The molecule has 0 saturated carbocycles. The molecule has 1 aromatic carbocycles. The number of hydrogen-bond acceptors (Lipinski definition) is 5. The summed E-state index contributed by atoms with van der Waals surface area (Å²) in [6, 6.07) is 1.01. The van der Waals surface area contributed by atoms with E-state index in [1.807, 2.05) is 6.92 Å². The Labute approximate surface area is 118 Å². The second-order valence-electron chi connectivity index (χ2n) is 5.13. The van der Waals surface area contributed by atoms with E-state index in [9.17, 15) is 19.8 Å². The van der Waals surface area contributed by atoms with E-state index in [4.69, 9.17) is 16.1 Å². The summed E-state index contributed by atoms with van der Waals surface area (Å²) in [5.74, 6) is -1.22. The van der Waals surface area contributed by atoms with E-state index in [0.717, 1.165) is 10.8 Å². The Hall–Kier alpha value is -1.95. The Morgan fingerprint density at radius 1 is 1.35 bits per heavy atom. The first kappa shape index (κ1) is 14.5. The maximum atomic E-state index is 12.4. The Kier molecular flexibility index (Phi) is 3.29. The number of phenolic OH excluding ortho intramolecular Hbond substituents is 2. The molecule has 0 saturated heterocycles. The molecule has 0 aliphatic heterocycles. The van der Waals surface area contributed by atoms with E-state index in [1.54, 1.807) is 13.8 Å². The molecule has 7 heteroatoms. The first-order valence-corrected chi connectivity index (χ1v) is 6.39. The highest BCUT2D eigenvalue weighted by Crippen LogP contribution is 2.37. The van der Waals surface area contributed by atoms with Crippen molar-refractivity contribution in [3.8, 4) is 11.5 Å². The molecule has 1 aromatic heterocycles. The highest BCUT2D eigenvalue weighted by atomic mass is 35.5. The summed E-state index contributed by atoms with van der Waals surface area (Å²) >= 11 is 5.79. The van der Waals surface area contributed by atoms with Crippen molar-refractivity contribution in [2.45, 2.75) is 32.7 Å². The van der Waals surface area contributed by atoms with Crippen LogP contribution in [-0.4, -0.2) is 15.0 Å². The molecular formula is C13H14ClNO5. The molecule has 0 radical (unpaired) electrons. The van der Waals surface area contributed by atoms with Crippen LogP contribution < -0.4 is 11.2 Å². The molecule has 0 fully saturated rings. The highest BCUT2D eigenvalue weighted by molar-refractivity contribution is 6.37. The van der Waals surface area contributed by atoms with Gasteiger partial charge in [-0.2, -0.15) is 4.74 Å². The SMILES string of the molecule is CCC(C)(C)n1oc(=O)c2c(Cl)c(O)c(O)cc2c1=O. The van der Waals surface area contributed by atoms with Gasteiger partial charge in [-0.1, -0.05) is 18.5 Å². The molecule has 0 aliphatic rings. The lowest BCUT2D eigenvalue weighted by atomic mass is 10.0. The third-order valence-corrected chi connectivity index (χ3v) is 3.80. The predicted octanol–water partition coefficient (Wildman–Crippen LogP) is 2.16. The van der Waals surface area contributed by atoms with Gasteiger partial charge in [0.15, 0.2) is 11.5 Å². The quantitative estimate of drug-likeness (QED) is 0.829. The summed E-state index contributed by atoms with van der Waals surface area (Å²) in [4.78, 5) is 24.4.